The summed E-state index contributed by atoms with van der Waals surface area (Å²) in [5.41, 5.74) is 13.1. The molecule has 12 aromatic rings. The molecule has 276 valence electrons. The van der Waals surface area contributed by atoms with Gasteiger partial charge in [0.25, 0.3) is 0 Å². The first-order chi connectivity index (χ1) is 29.3. The Kier molecular flexibility index (Phi) is 7.54. The van der Waals surface area contributed by atoms with Gasteiger partial charge in [0.2, 0.25) is 0 Å². The van der Waals surface area contributed by atoms with Crippen molar-refractivity contribution in [3.05, 3.63) is 218 Å². The zero-order chi connectivity index (χ0) is 38.9. The molecular formula is C56H36N2O. The van der Waals surface area contributed by atoms with E-state index in [-0.39, 0.29) is 0 Å². The molecule has 0 spiro atoms. The Morgan fingerprint density at radius 3 is 1.83 bits per heavy atom. The van der Waals surface area contributed by atoms with Crippen LogP contribution in [-0.2, 0) is 0 Å². The first-order valence-corrected chi connectivity index (χ1v) is 20.2. The molecule has 0 aliphatic rings. The van der Waals surface area contributed by atoms with E-state index in [4.69, 9.17) is 4.42 Å². The van der Waals surface area contributed by atoms with Crippen LogP contribution in [0.15, 0.2) is 223 Å². The molecular weight excluding hydrogens is 717 g/mol. The van der Waals surface area contributed by atoms with Crippen molar-refractivity contribution in [3.63, 3.8) is 0 Å². The van der Waals surface area contributed by atoms with Crippen LogP contribution < -0.4 is 4.90 Å². The monoisotopic (exact) mass is 752 g/mol. The van der Waals surface area contributed by atoms with Gasteiger partial charge in [-0.15, -0.1) is 0 Å². The Morgan fingerprint density at radius 1 is 0.356 bits per heavy atom. The summed E-state index contributed by atoms with van der Waals surface area (Å²) in [6.45, 7) is 0. The second-order valence-electron chi connectivity index (χ2n) is 15.3. The minimum absolute atomic E-state index is 0.865. The Bertz CT molecular complexity index is 3540. The number of rotatable bonds is 6. The summed E-state index contributed by atoms with van der Waals surface area (Å²) in [5, 5.41) is 9.55. The molecule has 12 rings (SSSR count). The van der Waals surface area contributed by atoms with Crippen molar-refractivity contribution >= 4 is 82.4 Å². The summed E-state index contributed by atoms with van der Waals surface area (Å²) >= 11 is 0. The number of hydrogen-bond acceptors (Lipinski definition) is 2. The summed E-state index contributed by atoms with van der Waals surface area (Å²) in [7, 11) is 0. The Labute approximate surface area is 341 Å². The van der Waals surface area contributed by atoms with E-state index in [1.807, 2.05) is 6.07 Å². The number of aromatic nitrogens is 1. The molecule has 0 unspecified atom stereocenters. The van der Waals surface area contributed by atoms with Crippen molar-refractivity contribution in [2.45, 2.75) is 0 Å². The summed E-state index contributed by atoms with van der Waals surface area (Å²) in [6.07, 6.45) is 0. The number of benzene rings is 10. The highest BCUT2D eigenvalue weighted by Gasteiger charge is 2.24. The third-order valence-electron chi connectivity index (χ3n) is 12.0. The van der Waals surface area contributed by atoms with Gasteiger partial charge in [0.1, 0.15) is 11.2 Å². The fourth-order valence-corrected chi connectivity index (χ4v) is 9.27. The van der Waals surface area contributed by atoms with Crippen LogP contribution in [0.3, 0.4) is 0 Å². The number of para-hydroxylation sites is 3. The van der Waals surface area contributed by atoms with Crippen LogP contribution in [0.5, 0.6) is 0 Å². The predicted molar refractivity (Wildman–Crippen MR) is 249 cm³/mol. The van der Waals surface area contributed by atoms with Gasteiger partial charge in [0.05, 0.1) is 16.7 Å². The average molecular weight is 753 g/mol. The molecule has 0 saturated heterocycles. The largest absolute Gasteiger partial charge is 0.456 e. The van der Waals surface area contributed by atoms with Crippen molar-refractivity contribution in [3.8, 4) is 27.9 Å². The molecule has 2 heterocycles. The minimum Gasteiger partial charge on any atom is -0.456 e. The molecule has 0 atom stereocenters. The minimum atomic E-state index is 0.865. The Morgan fingerprint density at radius 2 is 0.983 bits per heavy atom. The van der Waals surface area contributed by atoms with Crippen LogP contribution in [-0.4, -0.2) is 4.57 Å². The first kappa shape index (κ1) is 33.3. The molecule has 0 aliphatic carbocycles. The molecule has 3 nitrogen and oxygen atoms in total. The summed E-state index contributed by atoms with van der Waals surface area (Å²) < 4.78 is 8.98. The number of anilines is 3. The fraction of sp³-hybridized carbons (Fsp3) is 0. The van der Waals surface area contributed by atoms with E-state index in [9.17, 15) is 0 Å². The van der Waals surface area contributed by atoms with Crippen LogP contribution in [0.1, 0.15) is 0 Å². The number of nitrogens with zero attached hydrogens (tertiary/aromatic N) is 2. The van der Waals surface area contributed by atoms with Gasteiger partial charge >= 0.3 is 0 Å². The number of furan rings is 1. The molecule has 0 aliphatic heterocycles. The van der Waals surface area contributed by atoms with Gasteiger partial charge in [-0.25, -0.2) is 0 Å². The Balaban J connectivity index is 1.15. The van der Waals surface area contributed by atoms with E-state index in [0.29, 0.717) is 0 Å². The van der Waals surface area contributed by atoms with E-state index in [0.717, 1.165) is 55.8 Å². The summed E-state index contributed by atoms with van der Waals surface area (Å²) in [5.74, 6) is 0. The molecule has 0 N–H and O–H groups in total. The van der Waals surface area contributed by atoms with Gasteiger partial charge in [-0.1, -0.05) is 146 Å². The molecule has 10 aromatic carbocycles. The highest BCUT2D eigenvalue weighted by atomic mass is 16.3. The molecule has 2 aromatic heterocycles. The van der Waals surface area contributed by atoms with Gasteiger partial charge in [-0.3, -0.25) is 0 Å². The quantitative estimate of drug-likeness (QED) is 0.158. The zero-order valence-electron chi connectivity index (χ0n) is 32.1. The van der Waals surface area contributed by atoms with Crippen LogP contribution in [0.2, 0.25) is 0 Å². The van der Waals surface area contributed by atoms with Crippen molar-refractivity contribution in [1.82, 2.24) is 4.57 Å². The van der Waals surface area contributed by atoms with Gasteiger partial charge in [0, 0.05) is 44.2 Å². The third-order valence-corrected chi connectivity index (χ3v) is 12.0. The summed E-state index contributed by atoms with van der Waals surface area (Å²) in [4.78, 5) is 2.43. The lowest BCUT2D eigenvalue weighted by atomic mass is 9.93. The lowest BCUT2D eigenvalue weighted by Crippen LogP contribution is -2.11. The molecule has 0 saturated carbocycles. The lowest BCUT2D eigenvalue weighted by molar-refractivity contribution is 0.669. The molecule has 59 heavy (non-hydrogen) atoms. The van der Waals surface area contributed by atoms with Crippen LogP contribution in [0.4, 0.5) is 17.1 Å². The Hall–Kier alpha value is -7.88. The van der Waals surface area contributed by atoms with Crippen LogP contribution in [0, 0.1) is 0 Å². The second-order valence-corrected chi connectivity index (χ2v) is 15.3. The van der Waals surface area contributed by atoms with Gasteiger partial charge < -0.3 is 13.9 Å². The van der Waals surface area contributed by atoms with Gasteiger partial charge in [-0.05, 0) is 111 Å². The lowest BCUT2D eigenvalue weighted by Gasteiger charge is -2.29. The second kappa shape index (κ2) is 13.4. The van der Waals surface area contributed by atoms with Crippen LogP contribution >= 0.6 is 0 Å². The molecule has 3 heteroatoms. The number of fused-ring (bicyclic) bond motifs is 9. The maximum atomic E-state index is 6.60. The smallest absolute Gasteiger partial charge is 0.136 e. The third kappa shape index (κ3) is 5.36. The molecule has 0 radical (unpaired) electrons. The van der Waals surface area contributed by atoms with E-state index < -0.39 is 0 Å². The van der Waals surface area contributed by atoms with Crippen molar-refractivity contribution < 1.29 is 4.42 Å². The van der Waals surface area contributed by atoms with Gasteiger partial charge in [0.15, 0.2) is 0 Å². The highest BCUT2D eigenvalue weighted by molar-refractivity contribution is 6.18. The molecule has 0 fully saturated rings. The fourth-order valence-electron chi connectivity index (χ4n) is 9.27. The maximum Gasteiger partial charge on any atom is 0.136 e. The van der Waals surface area contributed by atoms with E-state index in [1.165, 1.54) is 54.5 Å². The van der Waals surface area contributed by atoms with E-state index >= 15 is 0 Å². The standard InChI is InChI=1S/C56H36N2O/c1-3-13-37(14-4-1)38-25-28-43(29-26-38)57(44-30-32-51-49(36-44)47-19-9-11-21-50(47)58(51)42-16-5-2-6-17-42)52-33-34-54-56(48-20-10-12-22-53(48)59-54)55(52)41-27-31-46-40(35-41)24-23-39-15-7-8-18-45(39)46/h1-36H. The average Bonchev–Trinajstić information content (AvgIpc) is 3.85. The maximum absolute atomic E-state index is 6.60. The normalized spacial score (nSPS) is 11.7. The zero-order valence-corrected chi connectivity index (χ0v) is 32.1. The van der Waals surface area contributed by atoms with Crippen LogP contribution in [0.25, 0.3) is 93.2 Å². The van der Waals surface area contributed by atoms with E-state index in [1.54, 1.807) is 0 Å². The molecule has 0 bridgehead atoms. The summed E-state index contributed by atoms with van der Waals surface area (Å²) in [6, 6.07) is 78.8. The number of hydrogen-bond donors (Lipinski definition) is 0. The highest BCUT2D eigenvalue weighted by Crippen LogP contribution is 2.49. The van der Waals surface area contributed by atoms with E-state index in [2.05, 4.69) is 222 Å². The van der Waals surface area contributed by atoms with Crippen molar-refractivity contribution in [2.75, 3.05) is 4.90 Å². The topological polar surface area (TPSA) is 21.3 Å². The van der Waals surface area contributed by atoms with Crippen molar-refractivity contribution in [2.24, 2.45) is 0 Å². The predicted octanol–water partition coefficient (Wildman–Crippen LogP) is 15.8. The van der Waals surface area contributed by atoms with Gasteiger partial charge in [-0.2, -0.15) is 0 Å². The first-order valence-electron chi connectivity index (χ1n) is 20.2. The molecule has 0 amide bonds. The SMILES string of the molecule is c1ccc(-c2ccc(N(c3ccc4c(c3)c3ccccc3n4-c3ccccc3)c3ccc4oc5ccccc5c4c3-c3ccc4c(ccc5ccccc54)c3)cc2)cc1. The van der Waals surface area contributed by atoms with Crippen molar-refractivity contribution in [1.29, 1.82) is 0 Å².